The van der Waals surface area contributed by atoms with Gasteiger partial charge in [-0.25, -0.2) is 0 Å². The van der Waals surface area contributed by atoms with Crippen LogP contribution in [-0.4, -0.2) is 27.2 Å². The minimum atomic E-state index is -0.0814. The summed E-state index contributed by atoms with van der Waals surface area (Å²) in [5, 5.41) is 0. The quantitative estimate of drug-likeness (QED) is 0.739. The highest BCUT2D eigenvalue weighted by Crippen LogP contribution is 2.56. The molecule has 3 rings (SSSR count). The molecule has 1 aliphatic rings. The van der Waals surface area contributed by atoms with Crippen LogP contribution in [0, 0.1) is 0 Å². The standard InChI is InChI=1S/C17H16BrNO4S/c1-9(20)19-11-6-5-10(21-2)7-14(11)24-17-12(19)8-13(22-3)16(23-4)15(17)18/h5-8H,1-4H3. The molecule has 0 aliphatic carbocycles. The first kappa shape index (κ1) is 17.0. The number of fused-ring (bicyclic) bond motifs is 2. The maximum atomic E-state index is 12.3. The lowest BCUT2D eigenvalue weighted by Gasteiger charge is -2.32. The monoisotopic (exact) mass is 409 g/mol. The maximum Gasteiger partial charge on any atom is 0.228 e. The summed E-state index contributed by atoms with van der Waals surface area (Å²) in [6, 6.07) is 7.47. The molecule has 0 fully saturated rings. The lowest BCUT2D eigenvalue weighted by molar-refractivity contribution is -0.115. The lowest BCUT2D eigenvalue weighted by atomic mass is 10.2. The number of anilines is 2. The van der Waals surface area contributed by atoms with Crippen molar-refractivity contribution in [3.05, 3.63) is 28.7 Å². The molecule has 0 aromatic heterocycles. The summed E-state index contributed by atoms with van der Waals surface area (Å²) in [4.78, 5) is 15.8. The Morgan fingerprint density at radius 2 is 1.83 bits per heavy atom. The molecule has 0 saturated heterocycles. The zero-order valence-electron chi connectivity index (χ0n) is 13.7. The molecule has 0 radical (unpaired) electrons. The molecule has 0 unspecified atom stereocenters. The molecule has 0 bridgehead atoms. The smallest absolute Gasteiger partial charge is 0.228 e. The molecule has 0 atom stereocenters. The fraction of sp³-hybridized carbons (Fsp3) is 0.235. The molecule has 0 spiro atoms. The molecule has 5 nitrogen and oxygen atoms in total. The van der Waals surface area contributed by atoms with Crippen molar-refractivity contribution < 1.29 is 19.0 Å². The van der Waals surface area contributed by atoms with E-state index in [0.29, 0.717) is 11.5 Å². The fourth-order valence-electron chi connectivity index (χ4n) is 2.65. The number of rotatable bonds is 3. The van der Waals surface area contributed by atoms with Crippen LogP contribution in [0.3, 0.4) is 0 Å². The molecule has 24 heavy (non-hydrogen) atoms. The van der Waals surface area contributed by atoms with Crippen LogP contribution in [0.4, 0.5) is 11.4 Å². The van der Waals surface area contributed by atoms with Crippen molar-refractivity contribution in [2.24, 2.45) is 0 Å². The average Bonchev–Trinajstić information content (AvgIpc) is 2.59. The third-order valence-electron chi connectivity index (χ3n) is 3.72. The van der Waals surface area contributed by atoms with E-state index in [-0.39, 0.29) is 5.91 Å². The fourth-order valence-corrected chi connectivity index (χ4v) is 4.55. The van der Waals surface area contributed by atoms with Gasteiger partial charge < -0.3 is 14.2 Å². The third-order valence-corrected chi connectivity index (χ3v) is 5.91. The highest BCUT2D eigenvalue weighted by Gasteiger charge is 2.31. The molecule has 1 aliphatic heterocycles. The predicted octanol–water partition coefficient (Wildman–Crippen LogP) is 4.62. The Morgan fingerprint density at radius 3 is 2.42 bits per heavy atom. The van der Waals surface area contributed by atoms with E-state index in [4.69, 9.17) is 14.2 Å². The minimum absolute atomic E-state index is 0.0814. The number of methoxy groups -OCH3 is 3. The van der Waals surface area contributed by atoms with Crippen molar-refractivity contribution in [3.8, 4) is 17.2 Å². The Bertz CT molecular complexity index is 825. The molecule has 1 heterocycles. The van der Waals surface area contributed by atoms with Crippen LogP contribution < -0.4 is 19.1 Å². The van der Waals surface area contributed by atoms with Gasteiger partial charge in [0.2, 0.25) is 5.91 Å². The van der Waals surface area contributed by atoms with E-state index in [1.165, 1.54) is 0 Å². The molecule has 0 saturated carbocycles. The van der Waals surface area contributed by atoms with E-state index in [1.807, 2.05) is 24.3 Å². The Labute approximate surface area is 153 Å². The Kier molecular flexibility index (Phi) is 4.64. The zero-order chi connectivity index (χ0) is 17.4. The summed E-state index contributed by atoms with van der Waals surface area (Å²) in [5.41, 5.74) is 1.58. The van der Waals surface area contributed by atoms with Gasteiger partial charge in [-0.1, -0.05) is 11.8 Å². The van der Waals surface area contributed by atoms with Gasteiger partial charge in [0.25, 0.3) is 0 Å². The Hall–Kier alpha value is -1.86. The van der Waals surface area contributed by atoms with Crippen LogP contribution in [0.25, 0.3) is 0 Å². The number of benzene rings is 2. The molecular weight excluding hydrogens is 394 g/mol. The number of amides is 1. The van der Waals surface area contributed by atoms with Crippen molar-refractivity contribution in [1.82, 2.24) is 0 Å². The first-order valence-electron chi connectivity index (χ1n) is 7.12. The van der Waals surface area contributed by atoms with Gasteiger partial charge in [-0.05, 0) is 34.1 Å². The van der Waals surface area contributed by atoms with Crippen LogP contribution in [0.2, 0.25) is 0 Å². The van der Waals surface area contributed by atoms with Gasteiger partial charge in [0, 0.05) is 17.9 Å². The summed E-state index contributed by atoms with van der Waals surface area (Å²) in [6.07, 6.45) is 0. The number of halogens is 1. The summed E-state index contributed by atoms with van der Waals surface area (Å²) in [5.74, 6) is 1.82. The van der Waals surface area contributed by atoms with Crippen LogP contribution >= 0.6 is 27.7 Å². The number of carbonyl (C=O) groups excluding carboxylic acids is 1. The molecule has 1 amide bonds. The molecule has 7 heteroatoms. The van der Waals surface area contributed by atoms with Gasteiger partial charge in [-0.3, -0.25) is 9.69 Å². The highest BCUT2D eigenvalue weighted by molar-refractivity contribution is 9.10. The first-order chi connectivity index (χ1) is 11.5. The molecular formula is C17H16BrNO4S. The minimum Gasteiger partial charge on any atom is -0.497 e. The van der Waals surface area contributed by atoms with Gasteiger partial charge in [0.15, 0.2) is 11.5 Å². The summed E-state index contributed by atoms with van der Waals surface area (Å²) in [6.45, 7) is 1.54. The van der Waals surface area contributed by atoms with Crippen LogP contribution in [0.5, 0.6) is 17.2 Å². The second-order valence-corrected chi connectivity index (χ2v) is 6.91. The Balaban J connectivity index is 2.27. The molecule has 126 valence electrons. The van der Waals surface area contributed by atoms with E-state index in [2.05, 4.69) is 15.9 Å². The zero-order valence-corrected chi connectivity index (χ0v) is 16.1. The third kappa shape index (κ3) is 2.61. The van der Waals surface area contributed by atoms with Crippen molar-refractivity contribution in [3.63, 3.8) is 0 Å². The van der Waals surface area contributed by atoms with E-state index in [1.54, 1.807) is 44.9 Å². The topological polar surface area (TPSA) is 48.0 Å². The first-order valence-corrected chi connectivity index (χ1v) is 8.73. The maximum absolute atomic E-state index is 12.3. The average molecular weight is 410 g/mol. The number of hydrogen-bond acceptors (Lipinski definition) is 5. The molecule has 2 aromatic carbocycles. The lowest BCUT2D eigenvalue weighted by Crippen LogP contribution is -2.26. The number of ether oxygens (including phenoxy) is 3. The summed E-state index contributed by atoms with van der Waals surface area (Å²) in [7, 11) is 4.78. The normalized spacial score (nSPS) is 12.3. The molecule has 2 aromatic rings. The van der Waals surface area contributed by atoms with E-state index in [9.17, 15) is 4.79 Å². The van der Waals surface area contributed by atoms with E-state index >= 15 is 0 Å². The number of hydrogen-bond donors (Lipinski definition) is 0. The Morgan fingerprint density at radius 1 is 1.08 bits per heavy atom. The van der Waals surface area contributed by atoms with Gasteiger partial charge in [-0.15, -0.1) is 0 Å². The van der Waals surface area contributed by atoms with Gasteiger partial charge >= 0.3 is 0 Å². The summed E-state index contributed by atoms with van der Waals surface area (Å²) < 4.78 is 16.9. The van der Waals surface area contributed by atoms with Crippen molar-refractivity contribution in [1.29, 1.82) is 0 Å². The second kappa shape index (κ2) is 6.57. The van der Waals surface area contributed by atoms with Crippen LogP contribution in [-0.2, 0) is 4.79 Å². The second-order valence-electron chi connectivity index (χ2n) is 5.06. The summed E-state index contributed by atoms with van der Waals surface area (Å²) >= 11 is 5.14. The van der Waals surface area contributed by atoms with Crippen LogP contribution in [0.15, 0.2) is 38.5 Å². The number of nitrogens with zero attached hydrogens (tertiary/aromatic N) is 1. The van der Waals surface area contributed by atoms with Crippen molar-refractivity contribution in [2.75, 3.05) is 26.2 Å². The SMILES string of the molecule is COc1ccc2c(c1)Sc1c(cc(OC)c(OC)c1Br)N2C(C)=O. The highest BCUT2D eigenvalue weighted by atomic mass is 79.9. The number of carbonyl (C=O) groups is 1. The van der Waals surface area contributed by atoms with Gasteiger partial charge in [0.05, 0.1) is 42.1 Å². The van der Waals surface area contributed by atoms with Gasteiger partial charge in [-0.2, -0.15) is 0 Å². The van der Waals surface area contributed by atoms with Gasteiger partial charge in [0.1, 0.15) is 5.75 Å². The van der Waals surface area contributed by atoms with Crippen LogP contribution in [0.1, 0.15) is 6.92 Å². The largest absolute Gasteiger partial charge is 0.497 e. The van der Waals surface area contributed by atoms with Crippen molar-refractivity contribution >= 4 is 45.0 Å². The molecule has 0 N–H and O–H groups in total. The van der Waals surface area contributed by atoms with Crippen molar-refractivity contribution in [2.45, 2.75) is 16.7 Å². The van der Waals surface area contributed by atoms with E-state index in [0.717, 1.165) is 31.4 Å². The van der Waals surface area contributed by atoms with E-state index < -0.39 is 0 Å². The predicted molar refractivity (Wildman–Crippen MR) is 97.2 cm³/mol.